The van der Waals surface area contributed by atoms with E-state index in [0.29, 0.717) is 39.5 Å². The Bertz CT molecular complexity index is 291. The van der Waals surface area contributed by atoms with Gasteiger partial charge in [0.25, 0.3) is 0 Å². The Balaban J connectivity index is 2.01. The molecule has 2 N–H and O–H groups in total. The second-order valence-corrected chi connectivity index (χ2v) is 3.59. The van der Waals surface area contributed by atoms with E-state index in [4.69, 9.17) is 15.2 Å². The summed E-state index contributed by atoms with van der Waals surface area (Å²) in [7, 11) is 0. The highest BCUT2D eigenvalue weighted by molar-refractivity contribution is 4.92. The van der Waals surface area contributed by atoms with Crippen molar-refractivity contribution in [3.05, 3.63) is 18.8 Å². The van der Waals surface area contributed by atoms with Crippen LogP contribution >= 0.6 is 0 Å². The van der Waals surface area contributed by atoms with Crippen LogP contribution in [-0.4, -0.2) is 48.0 Å². The molecule has 0 unspecified atom stereocenters. The molecule has 97 valence electrons. The van der Waals surface area contributed by atoms with Crippen LogP contribution in [0.25, 0.3) is 0 Å². The van der Waals surface area contributed by atoms with E-state index in [-0.39, 0.29) is 0 Å². The summed E-state index contributed by atoms with van der Waals surface area (Å²) >= 11 is 0. The summed E-state index contributed by atoms with van der Waals surface area (Å²) in [6.45, 7) is 7.40. The minimum atomic E-state index is 0.550. The van der Waals surface area contributed by atoms with Crippen molar-refractivity contribution < 1.29 is 9.47 Å². The molecule has 0 saturated carbocycles. The minimum absolute atomic E-state index is 0.550. The first-order chi connectivity index (χ1) is 8.36. The van der Waals surface area contributed by atoms with E-state index >= 15 is 0 Å². The molecule has 0 aromatic carbocycles. The number of rotatable bonds is 10. The summed E-state index contributed by atoms with van der Waals surface area (Å²) in [4.78, 5) is 0. The Morgan fingerprint density at radius 3 is 2.71 bits per heavy atom. The van der Waals surface area contributed by atoms with Gasteiger partial charge in [-0.15, -0.1) is 5.10 Å². The van der Waals surface area contributed by atoms with E-state index in [1.54, 1.807) is 4.68 Å². The van der Waals surface area contributed by atoms with Crippen molar-refractivity contribution in [3.63, 3.8) is 0 Å². The molecular formula is C11H21N4O2. The van der Waals surface area contributed by atoms with Crippen molar-refractivity contribution in [1.82, 2.24) is 15.0 Å². The van der Waals surface area contributed by atoms with Gasteiger partial charge in [-0.3, -0.25) is 0 Å². The van der Waals surface area contributed by atoms with E-state index in [1.807, 2.05) is 6.20 Å². The van der Waals surface area contributed by atoms with Crippen LogP contribution in [-0.2, 0) is 22.4 Å². The van der Waals surface area contributed by atoms with E-state index < -0.39 is 0 Å². The van der Waals surface area contributed by atoms with Crippen molar-refractivity contribution in [2.45, 2.75) is 19.4 Å². The molecule has 0 saturated heterocycles. The lowest BCUT2D eigenvalue weighted by atomic mass is 10.3. The molecule has 6 heteroatoms. The zero-order chi connectivity index (χ0) is 12.3. The summed E-state index contributed by atoms with van der Waals surface area (Å²) in [5, 5.41) is 8.02. The van der Waals surface area contributed by atoms with Crippen LogP contribution in [0.2, 0.25) is 0 Å². The highest BCUT2D eigenvalue weighted by Gasteiger charge is 1.99. The molecule has 1 aromatic heterocycles. The average molecular weight is 241 g/mol. The van der Waals surface area contributed by atoms with E-state index in [9.17, 15) is 0 Å². The van der Waals surface area contributed by atoms with Gasteiger partial charge < -0.3 is 15.2 Å². The number of aromatic nitrogens is 3. The monoisotopic (exact) mass is 241 g/mol. The third-order valence-electron chi connectivity index (χ3n) is 2.12. The minimum Gasteiger partial charge on any atom is -0.378 e. The van der Waals surface area contributed by atoms with Crippen molar-refractivity contribution in [2.24, 2.45) is 5.73 Å². The van der Waals surface area contributed by atoms with Gasteiger partial charge in [0.2, 0.25) is 0 Å². The second kappa shape index (κ2) is 9.09. The molecule has 6 nitrogen and oxygen atoms in total. The lowest BCUT2D eigenvalue weighted by Crippen LogP contribution is -2.13. The van der Waals surface area contributed by atoms with Crippen LogP contribution in [0.5, 0.6) is 0 Å². The summed E-state index contributed by atoms with van der Waals surface area (Å²) in [6, 6.07) is 0. The number of nitrogens with zero attached hydrogens (tertiary/aromatic N) is 3. The van der Waals surface area contributed by atoms with Crippen LogP contribution in [0.15, 0.2) is 6.20 Å². The molecular weight excluding hydrogens is 220 g/mol. The lowest BCUT2D eigenvalue weighted by molar-refractivity contribution is 0.0466. The third kappa shape index (κ3) is 6.35. The number of nitrogens with two attached hydrogens (primary N) is 1. The molecule has 1 rings (SSSR count). The van der Waals surface area contributed by atoms with Gasteiger partial charge in [0, 0.05) is 12.7 Å². The lowest BCUT2D eigenvalue weighted by Gasteiger charge is -2.04. The van der Waals surface area contributed by atoms with Gasteiger partial charge in [-0.2, -0.15) is 0 Å². The third-order valence-corrected chi connectivity index (χ3v) is 2.12. The maximum absolute atomic E-state index is 5.39. The molecule has 0 spiro atoms. The largest absolute Gasteiger partial charge is 0.378 e. The maximum Gasteiger partial charge on any atom is 0.0827 e. The molecule has 0 atom stereocenters. The Hall–Kier alpha value is -0.980. The summed E-state index contributed by atoms with van der Waals surface area (Å²) in [5.41, 5.74) is 6.26. The van der Waals surface area contributed by atoms with Gasteiger partial charge >= 0.3 is 0 Å². The highest BCUT2D eigenvalue weighted by atomic mass is 16.5. The van der Waals surface area contributed by atoms with Crippen LogP contribution < -0.4 is 5.73 Å². The molecule has 0 aliphatic carbocycles. The van der Waals surface area contributed by atoms with Gasteiger partial charge in [0.05, 0.1) is 38.7 Å². The fraction of sp³-hybridized carbons (Fsp3) is 0.727. The Morgan fingerprint density at radius 1 is 1.24 bits per heavy atom. The molecule has 0 fully saturated rings. The van der Waals surface area contributed by atoms with E-state index in [2.05, 4.69) is 17.2 Å². The Morgan fingerprint density at radius 2 is 2.00 bits per heavy atom. The van der Waals surface area contributed by atoms with Gasteiger partial charge in [-0.25, -0.2) is 4.68 Å². The molecule has 17 heavy (non-hydrogen) atoms. The molecule has 0 aliphatic heterocycles. The smallest absolute Gasteiger partial charge is 0.0827 e. The number of hydrogen-bond donors (Lipinski definition) is 1. The van der Waals surface area contributed by atoms with Crippen LogP contribution in [0.4, 0.5) is 0 Å². The van der Waals surface area contributed by atoms with E-state index in [1.165, 1.54) is 0 Å². The fourth-order valence-corrected chi connectivity index (χ4v) is 1.31. The fourth-order valence-electron chi connectivity index (χ4n) is 1.31. The van der Waals surface area contributed by atoms with Gasteiger partial charge in [0.15, 0.2) is 0 Å². The van der Waals surface area contributed by atoms with Crippen LogP contribution in [0, 0.1) is 6.92 Å². The van der Waals surface area contributed by atoms with E-state index in [0.717, 1.165) is 18.5 Å². The molecule has 1 aromatic rings. The predicted molar refractivity (Wildman–Crippen MR) is 64.4 cm³/mol. The summed E-state index contributed by atoms with van der Waals surface area (Å²) in [5.74, 6) is 0. The zero-order valence-corrected chi connectivity index (χ0v) is 10.2. The predicted octanol–water partition coefficient (Wildman–Crippen LogP) is 0.0367. The number of ether oxygens (including phenoxy) is 2. The zero-order valence-electron chi connectivity index (χ0n) is 10.2. The summed E-state index contributed by atoms with van der Waals surface area (Å²) < 4.78 is 12.3. The van der Waals surface area contributed by atoms with Crippen molar-refractivity contribution in [3.8, 4) is 0 Å². The van der Waals surface area contributed by atoms with Crippen molar-refractivity contribution in [2.75, 3.05) is 33.0 Å². The van der Waals surface area contributed by atoms with Crippen molar-refractivity contribution in [1.29, 1.82) is 0 Å². The Kier molecular flexibility index (Phi) is 7.53. The first-order valence-corrected chi connectivity index (χ1v) is 5.90. The Labute approximate surface area is 102 Å². The van der Waals surface area contributed by atoms with Gasteiger partial charge in [0.1, 0.15) is 0 Å². The van der Waals surface area contributed by atoms with Crippen LogP contribution in [0.1, 0.15) is 12.1 Å². The first kappa shape index (κ1) is 14.1. The van der Waals surface area contributed by atoms with Gasteiger partial charge in [-0.05, 0) is 12.8 Å². The van der Waals surface area contributed by atoms with Gasteiger partial charge in [-0.1, -0.05) is 12.1 Å². The second-order valence-electron chi connectivity index (χ2n) is 3.59. The number of aryl methyl sites for hydroxylation is 1. The topological polar surface area (TPSA) is 75.2 Å². The molecule has 0 bridgehead atoms. The highest BCUT2D eigenvalue weighted by Crippen LogP contribution is 1.96. The standard InChI is InChI=1S/C11H21N4O2/c1-2-3-11-10-15(14-13-11)5-7-17-9-8-16-6-4-12/h10H,1-9,12H2. The normalized spacial score (nSPS) is 10.9. The quantitative estimate of drug-likeness (QED) is 0.585. The van der Waals surface area contributed by atoms with Crippen molar-refractivity contribution >= 4 is 0 Å². The molecule has 0 amide bonds. The molecule has 1 radical (unpaired) electrons. The number of hydrogen-bond acceptors (Lipinski definition) is 5. The molecule has 1 heterocycles. The molecule has 0 aliphatic rings. The maximum atomic E-state index is 5.39. The van der Waals surface area contributed by atoms with Crippen LogP contribution in [0.3, 0.4) is 0 Å². The summed E-state index contributed by atoms with van der Waals surface area (Å²) in [6.07, 6.45) is 3.64. The SMILES string of the molecule is [CH2]CCc1cn(CCOCCOCCN)nn1. The average Bonchev–Trinajstić information content (AvgIpc) is 2.76. The first-order valence-electron chi connectivity index (χ1n) is 5.90.